The predicted molar refractivity (Wildman–Crippen MR) is 88.7 cm³/mol. The van der Waals surface area contributed by atoms with Gasteiger partial charge in [-0.05, 0) is 30.0 Å². The van der Waals surface area contributed by atoms with E-state index in [1.165, 1.54) is 6.92 Å². The Morgan fingerprint density at radius 3 is 2.30 bits per heavy atom. The molecular weight excluding hydrogens is 296 g/mol. The van der Waals surface area contributed by atoms with Gasteiger partial charge in [0.15, 0.2) is 11.5 Å². The number of hydrogen-bond acceptors (Lipinski definition) is 4. The van der Waals surface area contributed by atoms with Crippen molar-refractivity contribution in [3.05, 3.63) is 23.8 Å². The molecule has 1 rings (SSSR count). The quantitative estimate of drug-likeness (QED) is 0.761. The highest BCUT2D eigenvalue weighted by atomic mass is 16.5. The SMILES string of the molecule is COc1ccc(CCNC(=O)[C@H](NC(C)=O)C(C)C)cc1OC. The van der Waals surface area contributed by atoms with Gasteiger partial charge in [0, 0.05) is 13.5 Å². The normalized spacial score (nSPS) is 11.7. The number of methoxy groups -OCH3 is 2. The molecule has 2 N–H and O–H groups in total. The summed E-state index contributed by atoms with van der Waals surface area (Å²) in [4.78, 5) is 23.3. The van der Waals surface area contributed by atoms with E-state index in [4.69, 9.17) is 9.47 Å². The molecule has 2 amide bonds. The van der Waals surface area contributed by atoms with Crippen molar-refractivity contribution in [3.8, 4) is 11.5 Å². The maximum atomic E-state index is 12.2. The molecule has 0 aliphatic rings. The molecule has 0 saturated carbocycles. The zero-order valence-electron chi connectivity index (χ0n) is 14.4. The number of carbonyl (C=O) groups excluding carboxylic acids is 2. The fourth-order valence-corrected chi connectivity index (χ4v) is 2.23. The van der Waals surface area contributed by atoms with Crippen molar-refractivity contribution in [1.82, 2.24) is 10.6 Å². The van der Waals surface area contributed by atoms with Crippen LogP contribution in [0.1, 0.15) is 26.3 Å². The Balaban J connectivity index is 2.58. The van der Waals surface area contributed by atoms with E-state index in [2.05, 4.69) is 10.6 Å². The molecule has 0 unspecified atom stereocenters. The first kappa shape index (κ1) is 18.8. The maximum Gasteiger partial charge on any atom is 0.242 e. The number of benzene rings is 1. The van der Waals surface area contributed by atoms with Gasteiger partial charge in [-0.2, -0.15) is 0 Å². The van der Waals surface area contributed by atoms with Gasteiger partial charge in [0.1, 0.15) is 6.04 Å². The second-order valence-electron chi connectivity index (χ2n) is 5.65. The Hall–Kier alpha value is -2.24. The monoisotopic (exact) mass is 322 g/mol. The van der Waals surface area contributed by atoms with Crippen LogP contribution in [-0.2, 0) is 16.0 Å². The maximum absolute atomic E-state index is 12.2. The molecule has 0 heterocycles. The molecule has 0 saturated heterocycles. The zero-order valence-corrected chi connectivity index (χ0v) is 14.4. The van der Waals surface area contributed by atoms with Gasteiger partial charge in [0.05, 0.1) is 14.2 Å². The molecule has 23 heavy (non-hydrogen) atoms. The standard InChI is InChI=1S/C17H26N2O4/c1-11(2)16(19-12(3)20)17(21)18-9-8-13-6-7-14(22-4)15(10-13)23-5/h6-7,10-11,16H,8-9H2,1-5H3,(H,18,21)(H,19,20)/t16-/m1/s1. The molecule has 6 nitrogen and oxygen atoms in total. The smallest absolute Gasteiger partial charge is 0.242 e. The first-order valence-electron chi connectivity index (χ1n) is 7.64. The van der Waals surface area contributed by atoms with Crippen molar-refractivity contribution in [2.24, 2.45) is 5.92 Å². The summed E-state index contributed by atoms with van der Waals surface area (Å²) in [6.45, 7) is 5.69. The third kappa shape index (κ3) is 5.81. The summed E-state index contributed by atoms with van der Waals surface area (Å²) in [6, 6.07) is 5.14. The number of amides is 2. The van der Waals surface area contributed by atoms with Gasteiger partial charge in [0.25, 0.3) is 0 Å². The molecular formula is C17H26N2O4. The molecule has 0 fully saturated rings. The highest BCUT2D eigenvalue weighted by Gasteiger charge is 2.22. The van der Waals surface area contributed by atoms with E-state index in [1.54, 1.807) is 14.2 Å². The first-order chi connectivity index (χ1) is 10.9. The van der Waals surface area contributed by atoms with Crippen molar-refractivity contribution < 1.29 is 19.1 Å². The highest BCUT2D eigenvalue weighted by molar-refractivity contribution is 5.87. The van der Waals surface area contributed by atoms with Gasteiger partial charge in [0.2, 0.25) is 11.8 Å². The van der Waals surface area contributed by atoms with E-state index in [1.807, 2.05) is 32.0 Å². The number of ether oxygens (including phenoxy) is 2. The third-order valence-corrected chi connectivity index (χ3v) is 3.47. The van der Waals surface area contributed by atoms with Crippen LogP contribution in [0.4, 0.5) is 0 Å². The van der Waals surface area contributed by atoms with Gasteiger partial charge in [-0.25, -0.2) is 0 Å². The summed E-state index contributed by atoms with van der Waals surface area (Å²) in [5, 5.41) is 5.53. The van der Waals surface area contributed by atoms with Crippen molar-refractivity contribution in [3.63, 3.8) is 0 Å². The number of rotatable bonds is 8. The van der Waals surface area contributed by atoms with Crippen LogP contribution >= 0.6 is 0 Å². The minimum Gasteiger partial charge on any atom is -0.493 e. The van der Waals surface area contributed by atoms with Gasteiger partial charge in [-0.15, -0.1) is 0 Å². The predicted octanol–water partition coefficient (Wildman–Crippen LogP) is 1.52. The van der Waals surface area contributed by atoms with Crippen LogP contribution in [-0.4, -0.2) is 38.6 Å². The van der Waals surface area contributed by atoms with Crippen molar-refractivity contribution >= 4 is 11.8 Å². The molecule has 0 aliphatic heterocycles. The molecule has 0 bridgehead atoms. The van der Waals surface area contributed by atoms with Gasteiger partial charge >= 0.3 is 0 Å². The minimum atomic E-state index is -0.516. The van der Waals surface area contributed by atoms with Crippen LogP contribution in [0.5, 0.6) is 11.5 Å². The van der Waals surface area contributed by atoms with E-state index >= 15 is 0 Å². The lowest BCUT2D eigenvalue weighted by Gasteiger charge is -2.21. The molecule has 0 spiro atoms. The summed E-state index contributed by atoms with van der Waals surface area (Å²) in [7, 11) is 3.18. The van der Waals surface area contributed by atoms with Gasteiger partial charge in [-0.3, -0.25) is 9.59 Å². The van der Waals surface area contributed by atoms with E-state index in [0.717, 1.165) is 5.56 Å². The van der Waals surface area contributed by atoms with E-state index in [0.29, 0.717) is 24.5 Å². The summed E-state index contributed by atoms with van der Waals surface area (Å²) in [5.74, 6) is 0.981. The molecule has 0 aromatic heterocycles. The molecule has 0 aliphatic carbocycles. The Morgan fingerprint density at radius 1 is 1.13 bits per heavy atom. The summed E-state index contributed by atoms with van der Waals surface area (Å²) in [6.07, 6.45) is 0.664. The van der Waals surface area contributed by atoms with Crippen LogP contribution in [0.2, 0.25) is 0 Å². The van der Waals surface area contributed by atoms with E-state index in [-0.39, 0.29) is 17.7 Å². The molecule has 1 aromatic carbocycles. The van der Waals surface area contributed by atoms with Crippen molar-refractivity contribution in [2.75, 3.05) is 20.8 Å². The molecule has 128 valence electrons. The minimum absolute atomic E-state index is 0.0278. The summed E-state index contributed by atoms with van der Waals surface area (Å²) >= 11 is 0. The number of carbonyl (C=O) groups is 2. The van der Waals surface area contributed by atoms with Crippen LogP contribution in [0.15, 0.2) is 18.2 Å². The fraction of sp³-hybridized carbons (Fsp3) is 0.529. The average Bonchev–Trinajstić information content (AvgIpc) is 2.51. The topological polar surface area (TPSA) is 76.7 Å². The first-order valence-corrected chi connectivity index (χ1v) is 7.64. The molecule has 1 atom stereocenters. The lowest BCUT2D eigenvalue weighted by molar-refractivity contribution is -0.129. The second-order valence-corrected chi connectivity index (χ2v) is 5.65. The van der Waals surface area contributed by atoms with Crippen molar-refractivity contribution in [2.45, 2.75) is 33.2 Å². The van der Waals surface area contributed by atoms with Crippen LogP contribution in [0.3, 0.4) is 0 Å². The highest BCUT2D eigenvalue weighted by Crippen LogP contribution is 2.27. The van der Waals surface area contributed by atoms with Crippen LogP contribution in [0.25, 0.3) is 0 Å². The van der Waals surface area contributed by atoms with Crippen LogP contribution in [0, 0.1) is 5.92 Å². The average molecular weight is 322 g/mol. The Labute approximate surface area is 137 Å². The largest absolute Gasteiger partial charge is 0.493 e. The lowest BCUT2D eigenvalue weighted by Crippen LogP contribution is -2.49. The molecule has 0 radical (unpaired) electrons. The summed E-state index contributed by atoms with van der Waals surface area (Å²) in [5.41, 5.74) is 1.03. The third-order valence-electron chi connectivity index (χ3n) is 3.47. The second kappa shape index (κ2) is 9.02. The van der Waals surface area contributed by atoms with Crippen LogP contribution < -0.4 is 20.1 Å². The number of nitrogens with one attached hydrogen (secondary N) is 2. The molecule has 6 heteroatoms. The molecule has 1 aromatic rings. The van der Waals surface area contributed by atoms with Gasteiger partial charge in [-0.1, -0.05) is 19.9 Å². The fourth-order valence-electron chi connectivity index (χ4n) is 2.23. The Kier molecular flexibility index (Phi) is 7.38. The van der Waals surface area contributed by atoms with Crippen molar-refractivity contribution in [1.29, 1.82) is 0 Å². The Morgan fingerprint density at radius 2 is 1.78 bits per heavy atom. The Bertz CT molecular complexity index is 543. The van der Waals surface area contributed by atoms with E-state index < -0.39 is 6.04 Å². The lowest BCUT2D eigenvalue weighted by atomic mass is 10.0. The van der Waals surface area contributed by atoms with Gasteiger partial charge < -0.3 is 20.1 Å². The number of hydrogen-bond donors (Lipinski definition) is 2. The summed E-state index contributed by atoms with van der Waals surface area (Å²) < 4.78 is 10.5. The van der Waals surface area contributed by atoms with E-state index in [9.17, 15) is 9.59 Å². The zero-order chi connectivity index (χ0) is 17.4.